The van der Waals surface area contributed by atoms with Crippen LogP contribution in [0.2, 0.25) is 0 Å². The summed E-state index contributed by atoms with van der Waals surface area (Å²) in [5, 5.41) is 2.56. The van der Waals surface area contributed by atoms with Gasteiger partial charge in [-0.1, -0.05) is 25.5 Å². The summed E-state index contributed by atoms with van der Waals surface area (Å²) in [5.74, 6) is -0.368. The molecule has 6 heteroatoms. The fraction of sp³-hybridized carbons (Fsp3) is 0.417. The van der Waals surface area contributed by atoms with Crippen molar-refractivity contribution in [2.75, 3.05) is 11.6 Å². The highest BCUT2D eigenvalue weighted by Gasteiger charge is 2.17. The number of carbonyl (C=O) groups is 1. The Balaban J connectivity index is 2.95. The Bertz CT molecular complexity index is 526. The second-order valence-electron chi connectivity index (χ2n) is 4.15. The van der Waals surface area contributed by atoms with Gasteiger partial charge in [0.1, 0.15) is 0 Å². The van der Waals surface area contributed by atoms with Crippen molar-refractivity contribution in [1.82, 2.24) is 0 Å². The maximum absolute atomic E-state index is 11.8. The summed E-state index contributed by atoms with van der Waals surface area (Å²) in [5.41, 5.74) is 5.95. The first-order valence-electron chi connectivity index (χ1n) is 5.71. The number of rotatable bonds is 5. The molecule has 1 rings (SSSR count). The Morgan fingerprint density at radius 3 is 2.56 bits per heavy atom. The zero-order valence-electron chi connectivity index (χ0n) is 10.5. The summed E-state index contributed by atoms with van der Waals surface area (Å²) in [6, 6.07) is 5.65. The van der Waals surface area contributed by atoms with Gasteiger partial charge in [0.05, 0.1) is 16.6 Å². The molecule has 1 aromatic rings. The maximum Gasteiger partial charge on any atom is 0.241 e. The molecule has 1 unspecified atom stereocenters. The fourth-order valence-electron chi connectivity index (χ4n) is 1.56. The van der Waals surface area contributed by atoms with Gasteiger partial charge in [0, 0.05) is 6.26 Å². The largest absolute Gasteiger partial charge is 0.324 e. The van der Waals surface area contributed by atoms with Gasteiger partial charge in [-0.2, -0.15) is 0 Å². The quantitative estimate of drug-likeness (QED) is 0.840. The van der Waals surface area contributed by atoms with Crippen LogP contribution >= 0.6 is 0 Å². The van der Waals surface area contributed by atoms with E-state index in [9.17, 15) is 13.2 Å². The fourth-order valence-corrected chi connectivity index (χ4v) is 2.41. The lowest BCUT2D eigenvalue weighted by Gasteiger charge is -2.13. The standard InChI is InChI=1S/C12H18N2O3S/c1-3-6-9(13)12(15)14-10-7-4-5-8-11(10)18(2,16)17/h4-5,7-9H,3,6,13H2,1-2H3,(H,14,15). The minimum Gasteiger partial charge on any atom is -0.324 e. The van der Waals surface area contributed by atoms with Crippen LogP contribution in [0.3, 0.4) is 0 Å². The Morgan fingerprint density at radius 1 is 1.39 bits per heavy atom. The predicted molar refractivity (Wildman–Crippen MR) is 71.1 cm³/mol. The number of carbonyl (C=O) groups excluding carboxylic acids is 1. The van der Waals surface area contributed by atoms with E-state index in [4.69, 9.17) is 5.73 Å². The van der Waals surface area contributed by atoms with Crippen LogP contribution in [-0.2, 0) is 14.6 Å². The molecule has 0 saturated heterocycles. The van der Waals surface area contributed by atoms with Crippen LogP contribution in [-0.4, -0.2) is 26.6 Å². The van der Waals surface area contributed by atoms with Gasteiger partial charge < -0.3 is 11.1 Å². The molecule has 0 bridgehead atoms. The number of amides is 1. The van der Waals surface area contributed by atoms with Crippen LogP contribution in [0.4, 0.5) is 5.69 Å². The van der Waals surface area contributed by atoms with Crippen molar-refractivity contribution < 1.29 is 13.2 Å². The molecule has 18 heavy (non-hydrogen) atoms. The summed E-state index contributed by atoms with van der Waals surface area (Å²) >= 11 is 0. The molecular weight excluding hydrogens is 252 g/mol. The number of nitrogens with one attached hydrogen (secondary N) is 1. The average Bonchev–Trinajstić information content (AvgIpc) is 2.28. The Labute approximate surface area is 107 Å². The Hall–Kier alpha value is -1.40. The van der Waals surface area contributed by atoms with Gasteiger partial charge >= 0.3 is 0 Å². The molecule has 5 nitrogen and oxygen atoms in total. The molecule has 1 amide bonds. The lowest BCUT2D eigenvalue weighted by Crippen LogP contribution is -2.35. The Kier molecular flexibility index (Phi) is 4.86. The van der Waals surface area contributed by atoms with E-state index >= 15 is 0 Å². The van der Waals surface area contributed by atoms with E-state index in [1.165, 1.54) is 6.07 Å². The first-order chi connectivity index (χ1) is 8.36. The van der Waals surface area contributed by atoms with Crippen LogP contribution in [0.1, 0.15) is 19.8 Å². The SMILES string of the molecule is CCCC(N)C(=O)Nc1ccccc1S(C)(=O)=O. The molecule has 0 aliphatic carbocycles. The Morgan fingerprint density at radius 2 is 2.00 bits per heavy atom. The van der Waals surface area contributed by atoms with E-state index in [0.29, 0.717) is 6.42 Å². The molecule has 0 aromatic heterocycles. The molecule has 0 radical (unpaired) electrons. The van der Waals surface area contributed by atoms with Crippen molar-refractivity contribution in [3.63, 3.8) is 0 Å². The zero-order chi connectivity index (χ0) is 13.8. The first-order valence-corrected chi connectivity index (χ1v) is 7.61. The lowest BCUT2D eigenvalue weighted by atomic mass is 10.1. The van der Waals surface area contributed by atoms with Gasteiger partial charge in [-0.25, -0.2) is 8.42 Å². The average molecular weight is 270 g/mol. The molecule has 0 aliphatic heterocycles. The van der Waals surface area contributed by atoms with E-state index < -0.39 is 15.9 Å². The number of hydrogen-bond donors (Lipinski definition) is 2. The zero-order valence-corrected chi connectivity index (χ0v) is 11.3. The van der Waals surface area contributed by atoms with Crippen molar-refractivity contribution in [2.45, 2.75) is 30.7 Å². The number of benzene rings is 1. The summed E-state index contributed by atoms with van der Waals surface area (Å²) in [6.07, 6.45) is 2.46. The van der Waals surface area contributed by atoms with Gasteiger partial charge in [-0.05, 0) is 18.6 Å². The summed E-state index contributed by atoms with van der Waals surface area (Å²) < 4.78 is 23.1. The first kappa shape index (κ1) is 14.7. The number of nitrogens with two attached hydrogens (primary N) is 1. The topological polar surface area (TPSA) is 89.3 Å². The number of hydrogen-bond acceptors (Lipinski definition) is 4. The van der Waals surface area contributed by atoms with Crippen LogP contribution in [0.15, 0.2) is 29.2 Å². The van der Waals surface area contributed by atoms with Crippen LogP contribution in [0, 0.1) is 0 Å². The molecular formula is C12H18N2O3S. The molecule has 100 valence electrons. The van der Waals surface area contributed by atoms with Crippen LogP contribution < -0.4 is 11.1 Å². The molecule has 0 spiro atoms. The second-order valence-corrected chi connectivity index (χ2v) is 6.14. The number of anilines is 1. The second kappa shape index (κ2) is 5.97. The molecule has 1 atom stereocenters. The van der Waals surface area contributed by atoms with Crippen LogP contribution in [0.25, 0.3) is 0 Å². The van der Waals surface area contributed by atoms with Gasteiger partial charge in [0.25, 0.3) is 0 Å². The molecule has 0 aliphatic rings. The molecule has 0 fully saturated rings. The highest BCUT2D eigenvalue weighted by molar-refractivity contribution is 7.90. The van der Waals surface area contributed by atoms with E-state index in [-0.39, 0.29) is 16.5 Å². The van der Waals surface area contributed by atoms with Crippen LogP contribution in [0.5, 0.6) is 0 Å². The smallest absolute Gasteiger partial charge is 0.241 e. The van der Waals surface area contributed by atoms with Gasteiger partial charge in [0.15, 0.2) is 9.84 Å². The predicted octanol–water partition coefficient (Wildman–Crippen LogP) is 1.16. The van der Waals surface area contributed by atoms with Crippen molar-refractivity contribution >= 4 is 21.4 Å². The molecule has 1 aromatic carbocycles. The molecule has 0 heterocycles. The van der Waals surface area contributed by atoms with Crippen molar-refractivity contribution in [3.05, 3.63) is 24.3 Å². The van der Waals surface area contributed by atoms with E-state index in [1.54, 1.807) is 18.2 Å². The minimum atomic E-state index is -3.37. The number of sulfone groups is 1. The van der Waals surface area contributed by atoms with E-state index in [0.717, 1.165) is 12.7 Å². The van der Waals surface area contributed by atoms with Gasteiger partial charge in [-0.15, -0.1) is 0 Å². The van der Waals surface area contributed by atoms with E-state index in [2.05, 4.69) is 5.32 Å². The van der Waals surface area contributed by atoms with Crippen molar-refractivity contribution in [1.29, 1.82) is 0 Å². The molecule has 0 saturated carbocycles. The lowest BCUT2D eigenvalue weighted by molar-refractivity contribution is -0.117. The van der Waals surface area contributed by atoms with E-state index in [1.807, 2.05) is 6.92 Å². The third-order valence-corrected chi connectivity index (χ3v) is 3.64. The van der Waals surface area contributed by atoms with Crippen molar-refractivity contribution in [3.8, 4) is 0 Å². The normalized spacial score (nSPS) is 13.1. The van der Waals surface area contributed by atoms with Gasteiger partial charge in [0.2, 0.25) is 5.91 Å². The highest BCUT2D eigenvalue weighted by atomic mass is 32.2. The molecule has 3 N–H and O–H groups in total. The van der Waals surface area contributed by atoms with Gasteiger partial charge in [-0.3, -0.25) is 4.79 Å². The third-order valence-electron chi connectivity index (χ3n) is 2.48. The minimum absolute atomic E-state index is 0.0991. The number of para-hydroxylation sites is 1. The monoisotopic (exact) mass is 270 g/mol. The maximum atomic E-state index is 11.8. The summed E-state index contributed by atoms with van der Waals surface area (Å²) in [4.78, 5) is 11.8. The summed E-state index contributed by atoms with van der Waals surface area (Å²) in [6.45, 7) is 1.93. The van der Waals surface area contributed by atoms with Crippen molar-refractivity contribution in [2.24, 2.45) is 5.73 Å². The summed E-state index contributed by atoms with van der Waals surface area (Å²) in [7, 11) is -3.37. The highest BCUT2D eigenvalue weighted by Crippen LogP contribution is 2.20. The third kappa shape index (κ3) is 3.82.